The van der Waals surface area contributed by atoms with Gasteiger partial charge in [0.05, 0.1) is 0 Å². The van der Waals surface area contributed by atoms with Gasteiger partial charge in [0, 0.05) is 17.1 Å². The molecule has 1 atom stereocenters. The van der Waals surface area contributed by atoms with Crippen molar-refractivity contribution in [1.82, 2.24) is 10.1 Å². The van der Waals surface area contributed by atoms with Gasteiger partial charge < -0.3 is 15.0 Å². The largest absolute Gasteiger partial charge is 0.480 e. The fourth-order valence-electron chi connectivity index (χ4n) is 2.07. The molecule has 0 aliphatic carbocycles. The van der Waals surface area contributed by atoms with Crippen molar-refractivity contribution in [3.63, 3.8) is 0 Å². The molecule has 1 aliphatic rings. The molecule has 0 fully saturated rings. The number of hydrogen-bond acceptors (Lipinski definition) is 6. The molecule has 6 heteroatoms. The Labute approximate surface area is 121 Å². The second kappa shape index (κ2) is 6.28. The molecule has 106 valence electrons. The van der Waals surface area contributed by atoms with E-state index in [4.69, 9.17) is 15.0 Å². The monoisotopic (exact) mass is 291 g/mol. The summed E-state index contributed by atoms with van der Waals surface area (Å²) in [6.45, 7) is 0.695. The lowest BCUT2D eigenvalue weighted by Crippen LogP contribution is -2.16. The predicted molar refractivity (Wildman–Crippen MR) is 76.8 cm³/mol. The van der Waals surface area contributed by atoms with Crippen molar-refractivity contribution in [1.29, 1.82) is 0 Å². The third kappa shape index (κ3) is 2.96. The molecule has 0 spiro atoms. The molecule has 2 N–H and O–H groups in total. The first-order chi connectivity index (χ1) is 9.86. The smallest absolute Gasteiger partial charge is 0.226 e. The van der Waals surface area contributed by atoms with E-state index in [0.29, 0.717) is 18.3 Å². The molecule has 0 radical (unpaired) electrons. The first-order valence-corrected chi connectivity index (χ1v) is 7.76. The average Bonchev–Trinajstić information content (AvgIpc) is 2.96. The van der Waals surface area contributed by atoms with E-state index in [-0.39, 0.29) is 6.10 Å². The highest BCUT2D eigenvalue weighted by Crippen LogP contribution is 2.39. The third-order valence-electron chi connectivity index (χ3n) is 3.13. The maximum atomic E-state index is 5.93. The minimum atomic E-state index is -0.137. The molecule has 5 nitrogen and oxygen atoms in total. The number of para-hydroxylation sites is 1. The van der Waals surface area contributed by atoms with Gasteiger partial charge in [-0.3, -0.25) is 0 Å². The number of unbranched alkanes of at least 4 members (excludes halogenated alkanes) is 1. The third-order valence-corrected chi connectivity index (χ3v) is 4.24. The van der Waals surface area contributed by atoms with Gasteiger partial charge in [0.1, 0.15) is 5.75 Å². The zero-order valence-electron chi connectivity index (χ0n) is 11.1. The standard InChI is InChI=1S/C14H17N3O2S/c15-8-4-3-7-13-16-14(17-19-13)11-9-20-12-6-2-1-5-10(12)18-11/h1-2,5-6,11H,3-4,7-9,15H2. The average molecular weight is 291 g/mol. The normalized spacial score (nSPS) is 17.6. The molecule has 0 saturated heterocycles. The number of hydrogen-bond donors (Lipinski definition) is 1. The van der Waals surface area contributed by atoms with E-state index in [1.165, 1.54) is 0 Å². The first kappa shape index (κ1) is 13.5. The highest BCUT2D eigenvalue weighted by atomic mass is 32.2. The van der Waals surface area contributed by atoms with Gasteiger partial charge in [-0.25, -0.2) is 0 Å². The van der Waals surface area contributed by atoms with Crippen LogP contribution < -0.4 is 10.5 Å². The summed E-state index contributed by atoms with van der Waals surface area (Å²) in [6, 6.07) is 8.01. The van der Waals surface area contributed by atoms with Gasteiger partial charge in [-0.15, -0.1) is 11.8 Å². The fraction of sp³-hybridized carbons (Fsp3) is 0.429. The van der Waals surface area contributed by atoms with Crippen LogP contribution in [0.15, 0.2) is 33.7 Å². The molecule has 1 aromatic carbocycles. The predicted octanol–water partition coefficient (Wildman–Crippen LogP) is 2.58. The molecule has 2 heterocycles. The summed E-state index contributed by atoms with van der Waals surface area (Å²) in [4.78, 5) is 5.58. The molecule has 0 bridgehead atoms. The molecule has 3 rings (SSSR count). The van der Waals surface area contributed by atoms with Gasteiger partial charge in [-0.05, 0) is 31.5 Å². The van der Waals surface area contributed by atoms with E-state index in [2.05, 4.69) is 16.2 Å². The van der Waals surface area contributed by atoms with Crippen molar-refractivity contribution in [3.05, 3.63) is 36.0 Å². The first-order valence-electron chi connectivity index (χ1n) is 6.78. The van der Waals surface area contributed by atoms with Crippen molar-refractivity contribution >= 4 is 11.8 Å². The Bertz CT molecular complexity index is 573. The molecular weight excluding hydrogens is 274 g/mol. The van der Waals surface area contributed by atoms with Crippen LogP contribution in [0.1, 0.15) is 30.7 Å². The SMILES string of the molecule is NCCCCc1nc(C2CSc3ccccc3O2)no1. The van der Waals surface area contributed by atoms with E-state index in [9.17, 15) is 0 Å². The van der Waals surface area contributed by atoms with E-state index in [1.54, 1.807) is 11.8 Å². The number of aryl methyl sites for hydroxylation is 1. The van der Waals surface area contributed by atoms with Crippen molar-refractivity contribution in [2.75, 3.05) is 12.3 Å². The number of aromatic nitrogens is 2. The number of rotatable bonds is 5. The van der Waals surface area contributed by atoms with Crippen LogP contribution in [0.5, 0.6) is 5.75 Å². The molecule has 1 aromatic heterocycles. The Hall–Kier alpha value is -1.53. The number of nitrogens with two attached hydrogens (primary N) is 1. The van der Waals surface area contributed by atoms with Crippen LogP contribution >= 0.6 is 11.8 Å². The topological polar surface area (TPSA) is 74.2 Å². The van der Waals surface area contributed by atoms with Gasteiger partial charge in [0.15, 0.2) is 6.10 Å². The van der Waals surface area contributed by atoms with Crippen LogP contribution in [0.25, 0.3) is 0 Å². The van der Waals surface area contributed by atoms with Crippen LogP contribution in [-0.2, 0) is 6.42 Å². The summed E-state index contributed by atoms with van der Waals surface area (Å²) >= 11 is 1.76. The number of ether oxygens (including phenoxy) is 1. The van der Waals surface area contributed by atoms with Crippen LogP contribution in [0.3, 0.4) is 0 Å². The molecular formula is C14H17N3O2S. The van der Waals surface area contributed by atoms with Crippen molar-refractivity contribution < 1.29 is 9.26 Å². The fourth-order valence-corrected chi connectivity index (χ4v) is 3.05. The molecule has 20 heavy (non-hydrogen) atoms. The molecule has 0 saturated carbocycles. The number of thioether (sulfide) groups is 1. The second-order valence-electron chi connectivity index (χ2n) is 4.66. The zero-order chi connectivity index (χ0) is 13.8. The minimum Gasteiger partial charge on any atom is -0.480 e. The van der Waals surface area contributed by atoms with Crippen LogP contribution in [0.2, 0.25) is 0 Å². The Kier molecular flexibility index (Phi) is 4.22. The van der Waals surface area contributed by atoms with Crippen LogP contribution in [-0.4, -0.2) is 22.4 Å². The maximum Gasteiger partial charge on any atom is 0.226 e. The molecule has 1 aliphatic heterocycles. The van der Waals surface area contributed by atoms with Gasteiger partial charge in [-0.2, -0.15) is 4.98 Å². The van der Waals surface area contributed by atoms with Gasteiger partial charge in [0.2, 0.25) is 11.7 Å². The Morgan fingerprint density at radius 1 is 1.30 bits per heavy atom. The highest BCUT2D eigenvalue weighted by molar-refractivity contribution is 7.99. The highest BCUT2D eigenvalue weighted by Gasteiger charge is 2.25. The lowest BCUT2D eigenvalue weighted by Gasteiger charge is -2.22. The lowest BCUT2D eigenvalue weighted by atomic mass is 10.2. The van der Waals surface area contributed by atoms with Crippen LogP contribution in [0.4, 0.5) is 0 Å². The summed E-state index contributed by atoms with van der Waals surface area (Å²) in [5.41, 5.74) is 5.47. The van der Waals surface area contributed by atoms with E-state index in [1.807, 2.05) is 18.2 Å². The van der Waals surface area contributed by atoms with Crippen LogP contribution in [0, 0.1) is 0 Å². The molecule has 0 amide bonds. The Morgan fingerprint density at radius 3 is 3.10 bits per heavy atom. The number of fused-ring (bicyclic) bond motifs is 1. The number of benzene rings is 1. The van der Waals surface area contributed by atoms with Gasteiger partial charge >= 0.3 is 0 Å². The zero-order valence-corrected chi connectivity index (χ0v) is 11.9. The van der Waals surface area contributed by atoms with Crippen molar-refractivity contribution in [3.8, 4) is 5.75 Å². The van der Waals surface area contributed by atoms with Gasteiger partial charge in [-0.1, -0.05) is 17.3 Å². The van der Waals surface area contributed by atoms with Gasteiger partial charge in [0.25, 0.3) is 0 Å². The molecule has 1 unspecified atom stereocenters. The summed E-state index contributed by atoms with van der Waals surface area (Å²) in [5, 5.41) is 4.04. The quantitative estimate of drug-likeness (QED) is 0.853. The van der Waals surface area contributed by atoms with E-state index in [0.717, 1.165) is 35.7 Å². The minimum absolute atomic E-state index is 0.137. The maximum absolute atomic E-state index is 5.93. The Balaban J connectivity index is 1.66. The van der Waals surface area contributed by atoms with E-state index < -0.39 is 0 Å². The Morgan fingerprint density at radius 2 is 2.20 bits per heavy atom. The van der Waals surface area contributed by atoms with Crippen molar-refractivity contribution in [2.24, 2.45) is 5.73 Å². The second-order valence-corrected chi connectivity index (χ2v) is 5.72. The lowest BCUT2D eigenvalue weighted by molar-refractivity contribution is 0.205. The van der Waals surface area contributed by atoms with E-state index >= 15 is 0 Å². The summed E-state index contributed by atoms with van der Waals surface area (Å²) in [7, 11) is 0. The summed E-state index contributed by atoms with van der Waals surface area (Å²) in [5.74, 6) is 3.00. The summed E-state index contributed by atoms with van der Waals surface area (Å²) < 4.78 is 11.2. The summed E-state index contributed by atoms with van der Waals surface area (Å²) in [6.07, 6.45) is 2.59. The number of nitrogens with zero attached hydrogens (tertiary/aromatic N) is 2. The molecule has 2 aromatic rings. The van der Waals surface area contributed by atoms with Crippen molar-refractivity contribution in [2.45, 2.75) is 30.3 Å².